The molecule has 2 aromatic heterocycles. The van der Waals surface area contributed by atoms with E-state index in [1.807, 2.05) is 17.4 Å². The monoisotopic (exact) mass is 592 g/mol. The lowest BCUT2D eigenvalue weighted by atomic mass is 9.98. The molecule has 0 aliphatic rings. The van der Waals surface area contributed by atoms with Crippen molar-refractivity contribution in [2.24, 2.45) is 4.99 Å². The second kappa shape index (κ2) is 10.3. The summed E-state index contributed by atoms with van der Waals surface area (Å²) in [5, 5.41) is 10.3. The van der Waals surface area contributed by atoms with Gasteiger partial charge in [0.1, 0.15) is 0 Å². The lowest BCUT2D eigenvalue weighted by Gasteiger charge is -2.21. The number of benzene rings is 7. The van der Waals surface area contributed by atoms with E-state index in [1.165, 1.54) is 69.1 Å². The largest absolute Gasteiger partial charge is 0.327 e. The maximum atomic E-state index is 4.60. The highest BCUT2D eigenvalue weighted by Gasteiger charge is 2.26. The van der Waals surface area contributed by atoms with Gasteiger partial charge in [-0.05, 0) is 46.1 Å². The molecule has 1 atom stereocenters. The van der Waals surface area contributed by atoms with Gasteiger partial charge in [-0.15, -0.1) is 11.3 Å². The van der Waals surface area contributed by atoms with Gasteiger partial charge in [-0.3, -0.25) is 4.99 Å². The first-order chi connectivity index (χ1) is 22.3. The number of aromatic nitrogens is 1. The van der Waals surface area contributed by atoms with Crippen molar-refractivity contribution >= 4 is 87.3 Å². The van der Waals surface area contributed by atoms with Gasteiger partial charge in [0.25, 0.3) is 0 Å². The standard InChI is InChI=1S/C42H28N2S/c1-43-35(28-15-4-2-5-16-28)26-36(29-17-6-3-7-18-29)44-40-30-19-9-8-14-27(30)24-25-34(40)38-31-20-10-11-21-32(31)39-33-22-12-13-23-37(33)45-42(39)41(38)44/h2-26,36H,1H2/b35-26-. The molecule has 0 radical (unpaired) electrons. The van der Waals surface area contributed by atoms with Gasteiger partial charge in [0, 0.05) is 31.6 Å². The fraction of sp³-hybridized carbons (Fsp3) is 0.0238. The molecule has 9 aromatic rings. The Morgan fingerprint density at radius 3 is 1.96 bits per heavy atom. The third kappa shape index (κ3) is 3.91. The SMILES string of the molecule is C=N/C(=C\C(c1ccccc1)n1c2c3ccccc3ccc2c2c3ccccc3c3c4ccccc4sc3c21)c1ccccc1. The lowest BCUT2D eigenvalue weighted by molar-refractivity contribution is 0.758. The van der Waals surface area contributed by atoms with Crippen LogP contribution in [-0.4, -0.2) is 11.3 Å². The maximum Gasteiger partial charge on any atom is 0.0800 e. The molecule has 2 heterocycles. The van der Waals surface area contributed by atoms with E-state index in [1.54, 1.807) is 0 Å². The Morgan fingerprint density at radius 2 is 1.20 bits per heavy atom. The molecule has 0 saturated heterocycles. The van der Waals surface area contributed by atoms with Crippen molar-refractivity contribution in [3.63, 3.8) is 0 Å². The van der Waals surface area contributed by atoms with Crippen LogP contribution in [0.3, 0.4) is 0 Å². The summed E-state index contributed by atoms with van der Waals surface area (Å²) in [6, 6.07) is 52.3. The molecule has 0 aliphatic heterocycles. The number of hydrogen-bond acceptors (Lipinski definition) is 2. The molecule has 45 heavy (non-hydrogen) atoms. The van der Waals surface area contributed by atoms with Gasteiger partial charge in [-0.2, -0.15) is 0 Å². The van der Waals surface area contributed by atoms with Crippen molar-refractivity contribution in [3.8, 4) is 0 Å². The first-order valence-corrected chi connectivity index (χ1v) is 16.1. The van der Waals surface area contributed by atoms with Crippen LogP contribution in [0.4, 0.5) is 0 Å². The van der Waals surface area contributed by atoms with Crippen LogP contribution in [0.5, 0.6) is 0 Å². The quantitative estimate of drug-likeness (QED) is 0.177. The Hall–Kier alpha value is -5.51. The lowest BCUT2D eigenvalue weighted by Crippen LogP contribution is -2.09. The highest BCUT2D eigenvalue weighted by molar-refractivity contribution is 7.27. The molecule has 212 valence electrons. The third-order valence-corrected chi connectivity index (χ3v) is 10.3. The van der Waals surface area contributed by atoms with Crippen molar-refractivity contribution in [2.75, 3.05) is 0 Å². The normalized spacial score (nSPS) is 13.0. The van der Waals surface area contributed by atoms with Crippen LogP contribution in [0, 0.1) is 0 Å². The Morgan fingerprint density at radius 1 is 0.578 bits per heavy atom. The zero-order valence-electron chi connectivity index (χ0n) is 24.5. The highest BCUT2D eigenvalue weighted by Crippen LogP contribution is 2.49. The van der Waals surface area contributed by atoms with Gasteiger partial charge in [0.2, 0.25) is 0 Å². The predicted octanol–water partition coefficient (Wildman–Crippen LogP) is 11.8. The molecule has 0 aliphatic carbocycles. The summed E-state index contributed by atoms with van der Waals surface area (Å²) in [6.07, 6.45) is 2.30. The third-order valence-electron chi connectivity index (χ3n) is 9.14. The van der Waals surface area contributed by atoms with E-state index in [-0.39, 0.29) is 6.04 Å². The Balaban J connectivity index is 1.56. The molecule has 9 rings (SSSR count). The van der Waals surface area contributed by atoms with E-state index >= 15 is 0 Å². The molecule has 0 bridgehead atoms. The van der Waals surface area contributed by atoms with E-state index in [0.717, 1.165) is 11.3 Å². The van der Waals surface area contributed by atoms with Gasteiger partial charge in [-0.1, -0.05) is 140 Å². The minimum atomic E-state index is -0.146. The molecule has 7 aromatic carbocycles. The smallest absolute Gasteiger partial charge is 0.0800 e. The van der Waals surface area contributed by atoms with Gasteiger partial charge >= 0.3 is 0 Å². The summed E-state index contributed by atoms with van der Waals surface area (Å²) in [6.45, 7) is 4.03. The topological polar surface area (TPSA) is 17.3 Å². The van der Waals surface area contributed by atoms with Crippen LogP contribution >= 0.6 is 11.3 Å². The van der Waals surface area contributed by atoms with Crippen molar-refractivity contribution in [3.05, 3.63) is 163 Å². The first kappa shape index (κ1) is 25.9. The van der Waals surface area contributed by atoms with Crippen LogP contribution in [0.2, 0.25) is 0 Å². The molecule has 3 heteroatoms. The molecule has 0 saturated carbocycles. The van der Waals surface area contributed by atoms with Crippen molar-refractivity contribution in [1.29, 1.82) is 0 Å². The summed E-state index contributed by atoms with van der Waals surface area (Å²) in [4.78, 5) is 4.60. The van der Waals surface area contributed by atoms with E-state index in [2.05, 4.69) is 162 Å². The molecular weight excluding hydrogens is 565 g/mol. The number of fused-ring (bicyclic) bond motifs is 12. The number of aliphatic imine (C=N–C) groups is 1. The fourth-order valence-electron chi connectivity index (χ4n) is 7.22. The van der Waals surface area contributed by atoms with Crippen LogP contribution in [-0.2, 0) is 0 Å². The second-order valence-corrected chi connectivity index (χ2v) is 12.6. The summed E-state index contributed by atoms with van der Waals surface area (Å²) < 4.78 is 5.21. The van der Waals surface area contributed by atoms with Crippen LogP contribution in [0.25, 0.3) is 69.2 Å². The van der Waals surface area contributed by atoms with Crippen molar-refractivity contribution in [2.45, 2.75) is 6.04 Å². The van der Waals surface area contributed by atoms with Gasteiger partial charge in [0.05, 0.1) is 27.5 Å². The minimum Gasteiger partial charge on any atom is -0.327 e. The number of allylic oxidation sites excluding steroid dienone is 1. The minimum absolute atomic E-state index is 0.146. The second-order valence-electron chi connectivity index (χ2n) is 11.6. The number of thiophene rings is 1. The van der Waals surface area contributed by atoms with E-state index in [9.17, 15) is 0 Å². The summed E-state index contributed by atoms with van der Waals surface area (Å²) in [7, 11) is 0. The van der Waals surface area contributed by atoms with E-state index < -0.39 is 0 Å². The van der Waals surface area contributed by atoms with Gasteiger partial charge < -0.3 is 4.57 Å². The molecule has 2 nitrogen and oxygen atoms in total. The summed E-state index contributed by atoms with van der Waals surface area (Å²) >= 11 is 1.90. The van der Waals surface area contributed by atoms with E-state index in [0.29, 0.717) is 0 Å². The zero-order valence-corrected chi connectivity index (χ0v) is 25.3. The first-order valence-electron chi connectivity index (χ1n) is 15.3. The van der Waals surface area contributed by atoms with Gasteiger partial charge in [0.15, 0.2) is 0 Å². The predicted molar refractivity (Wildman–Crippen MR) is 196 cm³/mol. The average Bonchev–Trinajstić information content (AvgIpc) is 3.67. The molecule has 1 unspecified atom stereocenters. The average molecular weight is 593 g/mol. The van der Waals surface area contributed by atoms with Crippen LogP contribution < -0.4 is 0 Å². The highest BCUT2D eigenvalue weighted by atomic mass is 32.1. The Kier molecular flexibility index (Phi) is 5.93. The van der Waals surface area contributed by atoms with Crippen molar-refractivity contribution in [1.82, 2.24) is 4.57 Å². The fourth-order valence-corrected chi connectivity index (χ4v) is 8.48. The summed E-state index contributed by atoms with van der Waals surface area (Å²) in [5.41, 5.74) is 5.62. The molecule has 0 N–H and O–H groups in total. The maximum absolute atomic E-state index is 4.60. The number of nitrogens with zero attached hydrogens (tertiary/aromatic N) is 2. The zero-order chi connectivity index (χ0) is 29.9. The van der Waals surface area contributed by atoms with Crippen LogP contribution in [0.1, 0.15) is 17.2 Å². The molecule has 0 spiro atoms. The van der Waals surface area contributed by atoms with E-state index in [4.69, 9.17) is 0 Å². The molecule has 0 amide bonds. The molecule has 0 fully saturated rings. The summed E-state index contributed by atoms with van der Waals surface area (Å²) in [5.74, 6) is 0. The number of hydrogen-bond donors (Lipinski definition) is 0. The van der Waals surface area contributed by atoms with Crippen molar-refractivity contribution < 1.29 is 0 Å². The Bertz CT molecular complexity index is 2610. The van der Waals surface area contributed by atoms with Gasteiger partial charge in [-0.25, -0.2) is 0 Å². The van der Waals surface area contributed by atoms with Crippen LogP contribution in [0.15, 0.2) is 157 Å². The number of rotatable bonds is 5. The Labute approximate surface area is 264 Å². The molecular formula is C42H28N2S.